The zero-order valence-corrected chi connectivity index (χ0v) is 27.7. The number of allylic oxidation sites excluding steroid dienone is 18. The van der Waals surface area contributed by atoms with Gasteiger partial charge >= 0.3 is 0 Å². The first-order valence-electron chi connectivity index (χ1n) is 15.9. The highest BCUT2D eigenvalue weighted by Gasteiger charge is 2.32. The Labute approximate surface area is 249 Å². The first kappa shape index (κ1) is 33.9. The van der Waals surface area contributed by atoms with Crippen molar-refractivity contribution in [2.24, 2.45) is 22.7 Å². The van der Waals surface area contributed by atoms with Crippen molar-refractivity contribution < 1.29 is 0 Å². The summed E-state index contributed by atoms with van der Waals surface area (Å²) in [6.45, 7) is 23.3. The van der Waals surface area contributed by atoms with E-state index in [9.17, 15) is 0 Å². The maximum absolute atomic E-state index is 2.46. The van der Waals surface area contributed by atoms with Gasteiger partial charge in [0.05, 0.1) is 0 Å². The minimum absolute atomic E-state index is 0.321. The quantitative estimate of drug-likeness (QED) is 0.170. The maximum Gasteiger partial charge on any atom is -0.0104 e. The topological polar surface area (TPSA) is 0 Å². The second-order valence-electron chi connectivity index (χ2n) is 14.1. The van der Waals surface area contributed by atoms with Crippen LogP contribution in [-0.2, 0) is 0 Å². The first-order chi connectivity index (χ1) is 18.8. The smallest absolute Gasteiger partial charge is 0.0104 e. The Hall–Kier alpha value is -2.34. The van der Waals surface area contributed by atoms with Gasteiger partial charge in [-0.1, -0.05) is 135 Å². The Kier molecular flexibility index (Phi) is 13.7. The van der Waals surface area contributed by atoms with Crippen LogP contribution in [0.5, 0.6) is 0 Å². The predicted molar refractivity (Wildman–Crippen MR) is 181 cm³/mol. The van der Waals surface area contributed by atoms with Crippen molar-refractivity contribution in [1.29, 1.82) is 0 Å². The Morgan fingerprint density at radius 3 is 2.25 bits per heavy atom. The van der Waals surface area contributed by atoms with Crippen LogP contribution in [-0.4, -0.2) is 0 Å². The van der Waals surface area contributed by atoms with E-state index in [2.05, 4.69) is 142 Å². The molecule has 1 unspecified atom stereocenters. The van der Waals surface area contributed by atoms with E-state index in [1.807, 2.05) is 0 Å². The highest BCUT2D eigenvalue weighted by atomic mass is 14.4. The standard InChI is InChI=1S/C40H60/c1-31(19-13-21-33(3)25-27-37-35(5)23-15-29-39(37,7)8)17-11-12-18-32(2)20-14-22-34(4)26-28-38-36(6)24-16-30-40(38,9)10/h11-14,17-21,23,26,28,34,37H,15-16,22,24-25,27,29-30H2,1-10H3/b12-11-,19-13+,20-14+,28-26+,31-17+,32-18+,33-21+/t34?,37-/m0/s1. The molecule has 0 N–H and O–H groups in total. The third-order valence-electron chi connectivity index (χ3n) is 9.17. The summed E-state index contributed by atoms with van der Waals surface area (Å²) in [7, 11) is 0. The van der Waals surface area contributed by atoms with Gasteiger partial charge in [-0.15, -0.1) is 0 Å². The molecule has 0 fully saturated rings. The van der Waals surface area contributed by atoms with Crippen LogP contribution < -0.4 is 0 Å². The lowest BCUT2D eigenvalue weighted by atomic mass is 9.67. The van der Waals surface area contributed by atoms with Crippen molar-refractivity contribution in [3.05, 3.63) is 106 Å². The van der Waals surface area contributed by atoms with E-state index in [-0.39, 0.29) is 0 Å². The van der Waals surface area contributed by atoms with Crippen LogP contribution in [0.4, 0.5) is 0 Å². The maximum atomic E-state index is 2.46. The molecule has 0 bridgehead atoms. The third-order valence-corrected chi connectivity index (χ3v) is 9.17. The molecule has 2 aliphatic carbocycles. The Bertz CT molecular complexity index is 1100. The fourth-order valence-corrected chi connectivity index (χ4v) is 6.39. The van der Waals surface area contributed by atoms with E-state index in [0.717, 1.165) is 6.42 Å². The van der Waals surface area contributed by atoms with Crippen molar-refractivity contribution >= 4 is 0 Å². The molecule has 0 aromatic heterocycles. The number of hydrogen-bond donors (Lipinski definition) is 0. The minimum atomic E-state index is 0.321. The zero-order valence-electron chi connectivity index (χ0n) is 27.7. The summed E-state index contributed by atoms with van der Waals surface area (Å²) in [5.41, 5.74) is 9.50. The second kappa shape index (κ2) is 16.2. The monoisotopic (exact) mass is 540 g/mol. The molecule has 2 atom stereocenters. The van der Waals surface area contributed by atoms with Crippen molar-refractivity contribution in [1.82, 2.24) is 0 Å². The SMILES string of the molecule is CC1=CCCC(C)(C)[C@H]1CC/C(C)=C/C=C/C(C)=C/C=C\C=C(C)\C=C\CC(C)/C=C/C1=C(C)CCCC1(C)C. The number of hydrogen-bond acceptors (Lipinski definition) is 0. The van der Waals surface area contributed by atoms with Gasteiger partial charge in [-0.25, -0.2) is 0 Å². The zero-order chi connectivity index (χ0) is 29.8. The molecule has 0 radical (unpaired) electrons. The molecular formula is C40H60. The summed E-state index contributed by atoms with van der Waals surface area (Å²) in [5.74, 6) is 1.26. The molecule has 0 saturated carbocycles. The summed E-state index contributed by atoms with van der Waals surface area (Å²) < 4.78 is 0. The lowest BCUT2D eigenvalue weighted by molar-refractivity contribution is 0.204. The summed E-state index contributed by atoms with van der Waals surface area (Å²) in [4.78, 5) is 0. The van der Waals surface area contributed by atoms with Gasteiger partial charge in [0.15, 0.2) is 0 Å². The average Bonchev–Trinajstić information content (AvgIpc) is 2.85. The van der Waals surface area contributed by atoms with E-state index in [4.69, 9.17) is 0 Å². The molecule has 2 aliphatic rings. The van der Waals surface area contributed by atoms with Gasteiger partial charge in [0.1, 0.15) is 0 Å². The van der Waals surface area contributed by atoms with Crippen LogP contribution in [0.25, 0.3) is 0 Å². The fraction of sp³-hybridized carbons (Fsp3) is 0.550. The van der Waals surface area contributed by atoms with Gasteiger partial charge in [-0.05, 0) is 114 Å². The highest BCUT2D eigenvalue weighted by molar-refractivity contribution is 5.33. The van der Waals surface area contributed by atoms with Gasteiger partial charge < -0.3 is 0 Å². The van der Waals surface area contributed by atoms with Crippen LogP contribution in [0.1, 0.15) is 121 Å². The Morgan fingerprint density at radius 2 is 1.60 bits per heavy atom. The molecule has 220 valence electrons. The molecule has 0 heteroatoms. The molecule has 0 nitrogen and oxygen atoms in total. The lowest BCUT2D eigenvalue weighted by Gasteiger charge is -2.38. The molecular weight excluding hydrogens is 480 g/mol. The van der Waals surface area contributed by atoms with E-state index in [1.165, 1.54) is 61.7 Å². The molecule has 0 spiro atoms. The Balaban J connectivity index is 1.78. The van der Waals surface area contributed by atoms with Gasteiger partial charge in [-0.2, -0.15) is 0 Å². The van der Waals surface area contributed by atoms with Gasteiger partial charge in [-0.3, -0.25) is 0 Å². The normalized spacial score (nSPS) is 23.7. The molecule has 0 heterocycles. The van der Waals surface area contributed by atoms with E-state index in [0.29, 0.717) is 22.7 Å². The van der Waals surface area contributed by atoms with E-state index >= 15 is 0 Å². The van der Waals surface area contributed by atoms with Crippen molar-refractivity contribution in [3.8, 4) is 0 Å². The molecule has 0 saturated heterocycles. The first-order valence-corrected chi connectivity index (χ1v) is 15.9. The van der Waals surface area contributed by atoms with Crippen LogP contribution >= 0.6 is 0 Å². The van der Waals surface area contributed by atoms with Crippen molar-refractivity contribution in [2.45, 2.75) is 121 Å². The molecule has 0 aromatic carbocycles. The van der Waals surface area contributed by atoms with Crippen molar-refractivity contribution in [3.63, 3.8) is 0 Å². The summed E-state index contributed by atoms with van der Waals surface area (Å²) in [6, 6.07) is 0. The summed E-state index contributed by atoms with van der Waals surface area (Å²) >= 11 is 0. The Morgan fingerprint density at radius 1 is 0.925 bits per heavy atom. The predicted octanol–water partition coefficient (Wildman–Crippen LogP) is 12.8. The molecule has 40 heavy (non-hydrogen) atoms. The third kappa shape index (κ3) is 11.6. The highest BCUT2D eigenvalue weighted by Crippen LogP contribution is 2.44. The van der Waals surface area contributed by atoms with Crippen LogP contribution in [0.2, 0.25) is 0 Å². The molecule has 0 aromatic rings. The van der Waals surface area contributed by atoms with Gasteiger partial charge in [0.25, 0.3) is 0 Å². The summed E-state index contributed by atoms with van der Waals surface area (Å²) in [6.07, 6.45) is 37.1. The lowest BCUT2D eigenvalue weighted by Crippen LogP contribution is -2.27. The summed E-state index contributed by atoms with van der Waals surface area (Å²) in [5, 5.41) is 0. The van der Waals surface area contributed by atoms with Gasteiger partial charge in [0, 0.05) is 0 Å². The average molecular weight is 541 g/mol. The molecule has 2 rings (SSSR count). The van der Waals surface area contributed by atoms with Crippen LogP contribution in [0.15, 0.2) is 106 Å². The fourth-order valence-electron chi connectivity index (χ4n) is 6.39. The second-order valence-corrected chi connectivity index (χ2v) is 14.1. The molecule has 0 aliphatic heterocycles. The number of rotatable bonds is 12. The largest absolute Gasteiger partial charge is 0.0853 e. The minimum Gasteiger partial charge on any atom is -0.0853 e. The molecule has 0 amide bonds. The van der Waals surface area contributed by atoms with Crippen LogP contribution in [0.3, 0.4) is 0 Å². The van der Waals surface area contributed by atoms with E-state index < -0.39 is 0 Å². The van der Waals surface area contributed by atoms with E-state index in [1.54, 1.807) is 16.7 Å². The van der Waals surface area contributed by atoms with Gasteiger partial charge in [0.2, 0.25) is 0 Å². The van der Waals surface area contributed by atoms with Crippen LogP contribution in [0, 0.1) is 22.7 Å². The van der Waals surface area contributed by atoms with Crippen molar-refractivity contribution in [2.75, 3.05) is 0 Å².